The van der Waals surface area contributed by atoms with Crippen molar-refractivity contribution < 1.29 is 0 Å². The molecule has 5 aromatic heterocycles. The zero-order chi connectivity index (χ0) is 29.0. The van der Waals surface area contributed by atoms with Crippen molar-refractivity contribution in [1.29, 1.82) is 0 Å². The van der Waals surface area contributed by atoms with Gasteiger partial charge >= 0.3 is 0 Å². The van der Waals surface area contributed by atoms with E-state index < -0.39 is 0 Å². The van der Waals surface area contributed by atoms with Crippen LogP contribution in [0.2, 0.25) is 0 Å². The molecular weight excluding hydrogens is 557 g/mol. The van der Waals surface area contributed by atoms with Gasteiger partial charge in [-0.25, -0.2) is 0 Å². The largest absolute Gasteiger partial charge is 0.308 e. The van der Waals surface area contributed by atoms with Gasteiger partial charge in [0.1, 0.15) is 0 Å². The van der Waals surface area contributed by atoms with Gasteiger partial charge in [-0.3, -0.25) is 15.0 Å². The van der Waals surface area contributed by atoms with E-state index in [4.69, 9.17) is 4.98 Å². The number of hydrogen-bond acceptors (Lipinski definition) is 4. The highest BCUT2D eigenvalue weighted by atomic mass is 32.1. The molecule has 0 bridgehead atoms. The van der Waals surface area contributed by atoms with E-state index in [0.29, 0.717) is 0 Å². The molecule has 5 heteroatoms. The lowest BCUT2D eigenvalue weighted by Gasteiger charge is -2.14. The van der Waals surface area contributed by atoms with Crippen LogP contribution in [-0.4, -0.2) is 19.5 Å². The maximum absolute atomic E-state index is 5.13. The first-order chi connectivity index (χ1) is 21.8. The monoisotopic (exact) mass is 580 g/mol. The standard InChI is InChI=1S/C39H24N4S/c1-2-8-25(9-3-1)30-19-36-39(42-24-30)34-20-33-32-12-4-5-13-37(32)44-38(33)21-35(34)43(36)31-17-28(26-10-6-14-40-22-26)16-29(18-31)27-11-7-15-41-23-27/h1-24H. The molecule has 206 valence electrons. The van der Waals surface area contributed by atoms with Crippen LogP contribution in [0.5, 0.6) is 0 Å². The van der Waals surface area contributed by atoms with E-state index >= 15 is 0 Å². The molecule has 5 heterocycles. The quantitative estimate of drug-likeness (QED) is 0.208. The highest BCUT2D eigenvalue weighted by molar-refractivity contribution is 7.25. The third kappa shape index (κ3) is 4.02. The van der Waals surface area contributed by atoms with E-state index in [1.807, 2.05) is 60.5 Å². The van der Waals surface area contributed by atoms with Gasteiger partial charge in [-0.15, -0.1) is 11.3 Å². The summed E-state index contributed by atoms with van der Waals surface area (Å²) in [4.78, 5) is 14.0. The lowest BCUT2D eigenvalue weighted by molar-refractivity contribution is 1.18. The second kappa shape index (κ2) is 9.97. The first-order valence-electron chi connectivity index (χ1n) is 14.6. The molecule has 0 N–H and O–H groups in total. The van der Waals surface area contributed by atoms with Gasteiger partial charge in [0.25, 0.3) is 0 Å². The molecule has 0 aliphatic rings. The Morgan fingerprint density at radius 2 is 1.16 bits per heavy atom. The van der Waals surface area contributed by atoms with Crippen molar-refractivity contribution in [1.82, 2.24) is 19.5 Å². The van der Waals surface area contributed by atoms with Gasteiger partial charge in [0, 0.05) is 78.9 Å². The van der Waals surface area contributed by atoms with Gasteiger partial charge in [-0.1, -0.05) is 60.7 Å². The molecule has 0 radical (unpaired) electrons. The van der Waals surface area contributed by atoms with Crippen LogP contribution in [0.25, 0.3) is 81.2 Å². The molecule has 4 aromatic carbocycles. The first-order valence-corrected chi connectivity index (χ1v) is 15.4. The lowest BCUT2D eigenvalue weighted by Crippen LogP contribution is -1.97. The summed E-state index contributed by atoms with van der Waals surface area (Å²) >= 11 is 1.84. The van der Waals surface area contributed by atoms with Crippen LogP contribution < -0.4 is 0 Å². The van der Waals surface area contributed by atoms with Crippen molar-refractivity contribution in [3.63, 3.8) is 0 Å². The molecule has 44 heavy (non-hydrogen) atoms. The summed E-state index contributed by atoms with van der Waals surface area (Å²) in [7, 11) is 0. The van der Waals surface area contributed by atoms with Crippen molar-refractivity contribution in [2.75, 3.05) is 0 Å². The Kier molecular flexibility index (Phi) is 5.64. The van der Waals surface area contributed by atoms with E-state index in [1.54, 1.807) is 0 Å². The Balaban J connectivity index is 1.40. The Morgan fingerprint density at radius 1 is 0.455 bits per heavy atom. The normalized spacial score (nSPS) is 11.6. The number of fused-ring (bicyclic) bond motifs is 6. The molecule has 0 saturated carbocycles. The Labute approximate surface area is 257 Å². The first kappa shape index (κ1) is 24.9. The summed E-state index contributed by atoms with van der Waals surface area (Å²) in [5, 5.41) is 3.70. The second-order valence-electron chi connectivity index (χ2n) is 11.0. The predicted octanol–water partition coefficient (Wildman–Crippen LogP) is 10.3. The number of hydrogen-bond donors (Lipinski definition) is 0. The maximum Gasteiger partial charge on any atom is 0.0964 e. The van der Waals surface area contributed by atoms with Crippen LogP contribution in [0.15, 0.2) is 146 Å². The van der Waals surface area contributed by atoms with E-state index in [9.17, 15) is 0 Å². The van der Waals surface area contributed by atoms with Crippen LogP contribution in [0.1, 0.15) is 0 Å². The molecule has 9 rings (SSSR count). The summed E-state index contributed by atoms with van der Waals surface area (Å²) in [5.41, 5.74) is 10.8. The zero-order valence-electron chi connectivity index (χ0n) is 23.6. The topological polar surface area (TPSA) is 43.6 Å². The highest BCUT2D eigenvalue weighted by Crippen LogP contribution is 2.41. The average molecular weight is 581 g/mol. The average Bonchev–Trinajstić information content (AvgIpc) is 3.62. The maximum atomic E-state index is 5.13. The smallest absolute Gasteiger partial charge is 0.0964 e. The van der Waals surface area contributed by atoms with Crippen molar-refractivity contribution in [3.8, 4) is 39.1 Å². The van der Waals surface area contributed by atoms with Gasteiger partial charge in [0.15, 0.2) is 0 Å². The number of rotatable bonds is 4. The Morgan fingerprint density at radius 3 is 1.89 bits per heavy atom. The van der Waals surface area contributed by atoms with Crippen LogP contribution in [0.3, 0.4) is 0 Å². The fourth-order valence-corrected chi connectivity index (χ4v) is 7.42. The molecule has 4 nitrogen and oxygen atoms in total. The van der Waals surface area contributed by atoms with Gasteiger partial charge in [-0.05, 0) is 71.3 Å². The number of nitrogens with zero attached hydrogens (tertiary/aromatic N) is 4. The molecular formula is C39H24N4S. The van der Waals surface area contributed by atoms with Crippen molar-refractivity contribution in [3.05, 3.63) is 146 Å². The lowest BCUT2D eigenvalue weighted by atomic mass is 9.99. The van der Waals surface area contributed by atoms with Crippen molar-refractivity contribution >= 4 is 53.4 Å². The van der Waals surface area contributed by atoms with Crippen LogP contribution >= 0.6 is 11.3 Å². The minimum atomic E-state index is 0.992. The Bertz CT molecular complexity index is 2420. The van der Waals surface area contributed by atoms with Gasteiger partial charge in [0.2, 0.25) is 0 Å². The minimum Gasteiger partial charge on any atom is -0.308 e. The third-order valence-electron chi connectivity index (χ3n) is 8.37. The molecule has 0 aliphatic heterocycles. The van der Waals surface area contributed by atoms with Gasteiger partial charge < -0.3 is 4.57 Å². The summed E-state index contributed by atoms with van der Waals surface area (Å²) < 4.78 is 4.94. The van der Waals surface area contributed by atoms with E-state index in [1.165, 1.54) is 20.2 Å². The zero-order valence-corrected chi connectivity index (χ0v) is 24.4. The fourth-order valence-electron chi connectivity index (χ4n) is 6.30. The third-order valence-corrected chi connectivity index (χ3v) is 9.51. The minimum absolute atomic E-state index is 0.992. The number of aromatic nitrogens is 4. The van der Waals surface area contributed by atoms with Gasteiger partial charge in [-0.2, -0.15) is 0 Å². The predicted molar refractivity (Wildman–Crippen MR) is 183 cm³/mol. The summed E-state index contributed by atoms with van der Waals surface area (Å²) in [6, 6.07) is 41.1. The van der Waals surface area contributed by atoms with Crippen LogP contribution in [0.4, 0.5) is 0 Å². The molecule has 0 unspecified atom stereocenters. The second-order valence-corrected chi connectivity index (χ2v) is 12.1. The van der Waals surface area contributed by atoms with E-state index in [0.717, 1.165) is 61.0 Å². The number of benzene rings is 4. The van der Waals surface area contributed by atoms with E-state index in [2.05, 4.69) is 112 Å². The van der Waals surface area contributed by atoms with Gasteiger partial charge in [0.05, 0.1) is 16.6 Å². The Hall–Kier alpha value is -5.65. The van der Waals surface area contributed by atoms with Crippen LogP contribution in [0, 0.1) is 0 Å². The molecule has 0 saturated heterocycles. The molecule has 0 fully saturated rings. The van der Waals surface area contributed by atoms with E-state index in [-0.39, 0.29) is 0 Å². The number of pyridine rings is 3. The molecule has 0 aliphatic carbocycles. The van der Waals surface area contributed by atoms with Crippen LogP contribution in [-0.2, 0) is 0 Å². The molecule has 9 aromatic rings. The summed E-state index contributed by atoms with van der Waals surface area (Å²) in [6.07, 6.45) is 9.48. The molecule has 0 atom stereocenters. The number of thiophene rings is 1. The molecule has 0 spiro atoms. The molecule has 0 amide bonds. The van der Waals surface area contributed by atoms with Crippen molar-refractivity contribution in [2.24, 2.45) is 0 Å². The van der Waals surface area contributed by atoms with Crippen molar-refractivity contribution in [2.45, 2.75) is 0 Å². The fraction of sp³-hybridized carbons (Fsp3) is 0. The highest BCUT2D eigenvalue weighted by Gasteiger charge is 2.19. The SMILES string of the molecule is c1ccc(-c2cnc3c4cc5c(cc4n(-c4cc(-c6cccnc6)cc(-c6cccnc6)c4)c3c2)sc2ccccc25)cc1. The summed E-state index contributed by atoms with van der Waals surface area (Å²) in [5.74, 6) is 0. The summed E-state index contributed by atoms with van der Waals surface area (Å²) in [6.45, 7) is 0.